The Morgan fingerprint density at radius 3 is 2.33 bits per heavy atom. The Morgan fingerprint density at radius 1 is 1.47 bits per heavy atom. The molecule has 0 amide bonds. The van der Waals surface area contributed by atoms with E-state index in [2.05, 4.69) is 32.7 Å². The average molecular weight is 214 g/mol. The van der Waals surface area contributed by atoms with E-state index in [9.17, 15) is 0 Å². The number of nitrogens with zero attached hydrogens (tertiary/aromatic N) is 1. The Hall–Kier alpha value is -0.120. The summed E-state index contributed by atoms with van der Waals surface area (Å²) in [5.74, 6) is 0. The molecule has 1 aliphatic rings. The normalized spacial score (nSPS) is 31.8. The molecule has 1 saturated carbocycles. The van der Waals surface area contributed by atoms with Crippen molar-refractivity contribution in [3.05, 3.63) is 0 Å². The standard InChI is InChI=1S/C12H26N2O/c1-6-11(2,3)14(4)12(9-13)7-10(8-12)15-5/h10H,6-9,13H2,1-5H3. The van der Waals surface area contributed by atoms with Crippen molar-refractivity contribution in [1.82, 2.24) is 4.90 Å². The number of methoxy groups -OCH3 is 1. The Kier molecular flexibility index (Phi) is 3.80. The maximum atomic E-state index is 5.94. The second-order valence-electron chi connectivity index (χ2n) is 5.42. The lowest BCUT2D eigenvalue weighted by Crippen LogP contribution is -2.67. The van der Waals surface area contributed by atoms with Crippen molar-refractivity contribution in [2.45, 2.75) is 57.2 Å². The van der Waals surface area contributed by atoms with Crippen molar-refractivity contribution in [1.29, 1.82) is 0 Å². The van der Waals surface area contributed by atoms with Crippen LogP contribution in [-0.4, -0.2) is 42.8 Å². The molecule has 1 fully saturated rings. The van der Waals surface area contributed by atoms with E-state index < -0.39 is 0 Å². The molecule has 90 valence electrons. The molecule has 15 heavy (non-hydrogen) atoms. The van der Waals surface area contributed by atoms with Crippen LogP contribution in [0.2, 0.25) is 0 Å². The molecule has 3 nitrogen and oxygen atoms in total. The van der Waals surface area contributed by atoms with E-state index in [1.54, 1.807) is 7.11 Å². The zero-order valence-electron chi connectivity index (χ0n) is 10.8. The molecule has 3 heteroatoms. The zero-order chi connectivity index (χ0) is 11.7. The Morgan fingerprint density at radius 2 is 2.00 bits per heavy atom. The van der Waals surface area contributed by atoms with Crippen LogP contribution < -0.4 is 5.73 Å². The van der Waals surface area contributed by atoms with Gasteiger partial charge in [0.15, 0.2) is 0 Å². The van der Waals surface area contributed by atoms with Crippen molar-refractivity contribution in [3.8, 4) is 0 Å². The van der Waals surface area contributed by atoms with Gasteiger partial charge in [0, 0.05) is 24.7 Å². The summed E-state index contributed by atoms with van der Waals surface area (Å²) in [6, 6.07) is 0. The summed E-state index contributed by atoms with van der Waals surface area (Å²) in [7, 11) is 3.98. The largest absolute Gasteiger partial charge is 0.381 e. The van der Waals surface area contributed by atoms with Crippen molar-refractivity contribution >= 4 is 0 Å². The topological polar surface area (TPSA) is 38.5 Å². The summed E-state index contributed by atoms with van der Waals surface area (Å²) >= 11 is 0. The molecule has 0 bridgehead atoms. The first-order valence-corrected chi connectivity index (χ1v) is 5.88. The monoisotopic (exact) mass is 214 g/mol. The highest BCUT2D eigenvalue weighted by molar-refractivity contribution is 5.06. The van der Waals surface area contributed by atoms with E-state index in [0.29, 0.717) is 6.10 Å². The lowest BCUT2D eigenvalue weighted by molar-refractivity contribution is -0.109. The molecule has 0 aromatic rings. The molecule has 0 unspecified atom stereocenters. The van der Waals surface area contributed by atoms with Crippen molar-refractivity contribution < 1.29 is 4.74 Å². The number of rotatable bonds is 5. The molecule has 0 heterocycles. The second kappa shape index (κ2) is 4.40. The first-order valence-electron chi connectivity index (χ1n) is 5.88. The summed E-state index contributed by atoms with van der Waals surface area (Å²) in [6.07, 6.45) is 3.69. The van der Waals surface area contributed by atoms with E-state index in [1.807, 2.05) is 0 Å². The average Bonchev–Trinajstić information content (AvgIpc) is 2.17. The smallest absolute Gasteiger partial charge is 0.0607 e. The lowest BCUT2D eigenvalue weighted by atomic mass is 9.71. The third kappa shape index (κ3) is 2.19. The first kappa shape index (κ1) is 12.9. The highest BCUT2D eigenvalue weighted by Crippen LogP contribution is 2.41. The molecule has 2 N–H and O–H groups in total. The van der Waals surface area contributed by atoms with Gasteiger partial charge in [-0.1, -0.05) is 6.92 Å². The van der Waals surface area contributed by atoms with E-state index in [4.69, 9.17) is 10.5 Å². The van der Waals surface area contributed by atoms with Crippen molar-refractivity contribution in [2.75, 3.05) is 20.7 Å². The Balaban J connectivity index is 2.68. The fourth-order valence-corrected chi connectivity index (χ4v) is 2.41. The van der Waals surface area contributed by atoms with Gasteiger partial charge in [0.2, 0.25) is 0 Å². The van der Waals surface area contributed by atoms with Gasteiger partial charge in [-0.3, -0.25) is 4.90 Å². The third-order valence-corrected chi connectivity index (χ3v) is 4.41. The van der Waals surface area contributed by atoms with E-state index >= 15 is 0 Å². The van der Waals surface area contributed by atoms with Crippen LogP contribution >= 0.6 is 0 Å². The van der Waals surface area contributed by atoms with Crippen LogP contribution in [0.25, 0.3) is 0 Å². The van der Waals surface area contributed by atoms with Crippen molar-refractivity contribution in [2.24, 2.45) is 5.73 Å². The maximum Gasteiger partial charge on any atom is 0.0607 e. The van der Waals surface area contributed by atoms with Crippen LogP contribution in [0.1, 0.15) is 40.0 Å². The van der Waals surface area contributed by atoms with Gasteiger partial charge in [-0.25, -0.2) is 0 Å². The molecular formula is C12H26N2O. The van der Waals surface area contributed by atoms with Crippen LogP contribution in [-0.2, 0) is 4.74 Å². The van der Waals surface area contributed by atoms with E-state index in [1.165, 1.54) is 0 Å². The molecule has 0 aromatic carbocycles. The van der Waals surface area contributed by atoms with E-state index in [0.717, 1.165) is 25.8 Å². The molecule has 0 aromatic heterocycles. The molecular weight excluding hydrogens is 188 g/mol. The SMILES string of the molecule is CCC(C)(C)N(C)C1(CN)CC(OC)C1. The molecule has 1 rings (SSSR count). The summed E-state index contributed by atoms with van der Waals surface area (Å²) in [5.41, 5.74) is 6.33. The molecule has 0 aliphatic heterocycles. The number of likely N-dealkylation sites (N-methyl/N-ethyl adjacent to an activating group) is 1. The zero-order valence-corrected chi connectivity index (χ0v) is 10.8. The van der Waals surface area contributed by atoms with E-state index in [-0.39, 0.29) is 11.1 Å². The van der Waals surface area contributed by atoms with Gasteiger partial charge in [0.05, 0.1) is 6.10 Å². The fourth-order valence-electron chi connectivity index (χ4n) is 2.41. The number of hydrogen-bond donors (Lipinski definition) is 1. The first-order chi connectivity index (χ1) is 6.91. The van der Waals surface area contributed by atoms with Gasteiger partial charge in [0.25, 0.3) is 0 Å². The molecule has 1 aliphatic carbocycles. The molecule has 0 atom stereocenters. The lowest BCUT2D eigenvalue weighted by Gasteiger charge is -2.57. The Labute approximate surface area is 94.0 Å². The van der Waals surface area contributed by atoms with Crippen LogP contribution in [0.5, 0.6) is 0 Å². The van der Waals surface area contributed by atoms with Crippen LogP contribution in [0, 0.1) is 0 Å². The minimum atomic E-state index is 0.167. The number of hydrogen-bond acceptors (Lipinski definition) is 3. The van der Waals surface area contributed by atoms with Gasteiger partial charge in [-0.05, 0) is 40.2 Å². The van der Waals surface area contributed by atoms with Crippen LogP contribution in [0.4, 0.5) is 0 Å². The van der Waals surface area contributed by atoms with Gasteiger partial charge >= 0.3 is 0 Å². The van der Waals surface area contributed by atoms with Gasteiger partial charge in [0.1, 0.15) is 0 Å². The highest BCUT2D eigenvalue weighted by Gasteiger charge is 2.49. The maximum absolute atomic E-state index is 5.94. The minimum absolute atomic E-state index is 0.167. The van der Waals surface area contributed by atoms with Gasteiger partial charge in [-0.2, -0.15) is 0 Å². The molecule has 0 saturated heterocycles. The quantitative estimate of drug-likeness (QED) is 0.755. The molecule has 0 spiro atoms. The summed E-state index contributed by atoms with van der Waals surface area (Å²) in [4.78, 5) is 2.45. The van der Waals surface area contributed by atoms with Crippen LogP contribution in [0.15, 0.2) is 0 Å². The van der Waals surface area contributed by atoms with Crippen molar-refractivity contribution in [3.63, 3.8) is 0 Å². The third-order valence-electron chi connectivity index (χ3n) is 4.41. The van der Waals surface area contributed by atoms with Gasteiger partial charge < -0.3 is 10.5 Å². The predicted molar refractivity (Wildman–Crippen MR) is 63.9 cm³/mol. The fraction of sp³-hybridized carbons (Fsp3) is 1.00. The van der Waals surface area contributed by atoms with Gasteiger partial charge in [-0.15, -0.1) is 0 Å². The summed E-state index contributed by atoms with van der Waals surface area (Å²) < 4.78 is 5.36. The number of ether oxygens (including phenoxy) is 1. The number of nitrogens with two attached hydrogens (primary N) is 1. The highest BCUT2D eigenvalue weighted by atomic mass is 16.5. The second-order valence-corrected chi connectivity index (χ2v) is 5.42. The predicted octanol–water partition coefficient (Wildman–Crippen LogP) is 1.61. The van der Waals surface area contributed by atoms with Crippen LogP contribution in [0.3, 0.4) is 0 Å². The summed E-state index contributed by atoms with van der Waals surface area (Å²) in [5, 5.41) is 0. The molecule has 0 radical (unpaired) electrons. The summed E-state index contributed by atoms with van der Waals surface area (Å²) in [6.45, 7) is 7.52. The minimum Gasteiger partial charge on any atom is -0.381 e. The Bertz CT molecular complexity index is 210.